The van der Waals surface area contributed by atoms with Crippen LogP contribution in [-0.4, -0.2) is 11.1 Å². The molecule has 3 heteroatoms. The molecule has 1 fully saturated rings. The highest BCUT2D eigenvalue weighted by Crippen LogP contribution is 2.46. The molecule has 1 atom stereocenters. The molecule has 3 N–H and O–H groups in total. The topological polar surface area (TPSA) is 63.3 Å². The number of hydrogen-bond acceptors (Lipinski definition) is 2. The maximum absolute atomic E-state index is 11.2. The third-order valence-electron chi connectivity index (χ3n) is 4.79. The van der Waals surface area contributed by atoms with Crippen molar-refractivity contribution in [1.29, 1.82) is 0 Å². The van der Waals surface area contributed by atoms with Gasteiger partial charge in [-0.3, -0.25) is 4.79 Å². The van der Waals surface area contributed by atoms with Crippen LogP contribution in [0.3, 0.4) is 0 Å². The number of benzene rings is 1. The van der Waals surface area contributed by atoms with Crippen LogP contribution in [0.4, 0.5) is 0 Å². The predicted molar refractivity (Wildman–Crippen MR) is 85.1 cm³/mol. The van der Waals surface area contributed by atoms with Crippen molar-refractivity contribution in [2.75, 3.05) is 0 Å². The highest BCUT2D eigenvalue weighted by Gasteiger charge is 2.37. The minimum absolute atomic E-state index is 0.0573. The van der Waals surface area contributed by atoms with Crippen LogP contribution < -0.4 is 5.73 Å². The Hall–Kier alpha value is -1.35. The molecule has 21 heavy (non-hydrogen) atoms. The molecule has 2 rings (SSSR count). The van der Waals surface area contributed by atoms with E-state index in [1.165, 1.54) is 5.56 Å². The molecule has 0 saturated heterocycles. The van der Waals surface area contributed by atoms with Gasteiger partial charge in [0.05, 0.1) is 6.42 Å². The van der Waals surface area contributed by atoms with Gasteiger partial charge in [0.1, 0.15) is 0 Å². The zero-order valence-electron chi connectivity index (χ0n) is 13.0. The minimum atomic E-state index is -0.692. The summed E-state index contributed by atoms with van der Waals surface area (Å²) in [7, 11) is 0. The molecular formula is C18H27NO2. The molecule has 116 valence electrons. The van der Waals surface area contributed by atoms with E-state index in [0.717, 1.165) is 50.5 Å². The molecule has 0 aliphatic heterocycles. The predicted octanol–water partition coefficient (Wildman–Crippen LogP) is 4.06. The van der Waals surface area contributed by atoms with Gasteiger partial charge in [-0.1, -0.05) is 50.5 Å². The van der Waals surface area contributed by atoms with E-state index in [-0.39, 0.29) is 17.9 Å². The lowest BCUT2D eigenvalue weighted by molar-refractivity contribution is -0.139. The van der Waals surface area contributed by atoms with Gasteiger partial charge in [-0.25, -0.2) is 0 Å². The van der Waals surface area contributed by atoms with E-state index in [1.54, 1.807) is 0 Å². The third kappa shape index (κ3) is 4.31. The Bertz CT molecular complexity index is 461. The Kier molecular flexibility index (Phi) is 5.40. The van der Waals surface area contributed by atoms with E-state index < -0.39 is 5.97 Å². The first-order valence-electron chi connectivity index (χ1n) is 8.11. The fourth-order valence-corrected chi connectivity index (χ4v) is 3.70. The highest BCUT2D eigenvalue weighted by molar-refractivity contribution is 5.67. The number of nitrogens with two attached hydrogens (primary N) is 1. The molecule has 1 aliphatic carbocycles. The number of rotatable bonds is 7. The fourth-order valence-electron chi connectivity index (χ4n) is 3.70. The van der Waals surface area contributed by atoms with Crippen LogP contribution in [0.1, 0.15) is 69.0 Å². The average Bonchev–Trinajstić information content (AvgIpc) is 2.87. The summed E-state index contributed by atoms with van der Waals surface area (Å²) in [6.07, 6.45) is 7.55. The smallest absolute Gasteiger partial charge is 0.303 e. The third-order valence-corrected chi connectivity index (χ3v) is 4.79. The normalized spacial score (nSPS) is 18.6. The van der Waals surface area contributed by atoms with E-state index in [1.807, 2.05) is 0 Å². The summed E-state index contributed by atoms with van der Waals surface area (Å²) in [5.74, 6) is -0.692. The van der Waals surface area contributed by atoms with E-state index in [9.17, 15) is 9.90 Å². The van der Waals surface area contributed by atoms with Crippen LogP contribution in [-0.2, 0) is 11.2 Å². The summed E-state index contributed by atoms with van der Waals surface area (Å²) in [6.45, 7) is 2.18. The maximum atomic E-state index is 11.2. The Morgan fingerprint density at radius 1 is 1.29 bits per heavy atom. The first kappa shape index (κ1) is 16.0. The molecule has 0 aromatic heterocycles. The molecule has 0 spiro atoms. The van der Waals surface area contributed by atoms with Crippen LogP contribution in [0.2, 0.25) is 0 Å². The standard InChI is InChI=1S/C18H27NO2/c1-2-5-14-6-8-15(9-7-14)16(19)12-18(13-17(20)21)10-3-4-11-18/h6-9,16H,2-5,10-13,19H2,1H3,(H,20,21). The van der Waals surface area contributed by atoms with Gasteiger partial charge in [-0.2, -0.15) is 0 Å². The maximum Gasteiger partial charge on any atom is 0.303 e. The van der Waals surface area contributed by atoms with E-state index in [2.05, 4.69) is 31.2 Å². The Morgan fingerprint density at radius 3 is 2.43 bits per heavy atom. The summed E-state index contributed by atoms with van der Waals surface area (Å²) < 4.78 is 0. The van der Waals surface area contributed by atoms with E-state index >= 15 is 0 Å². The number of carboxylic acids is 1. The van der Waals surface area contributed by atoms with Gasteiger partial charge in [-0.05, 0) is 42.2 Å². The molecule has 0 heterocycles. The quantitative estimate of drug-likeness (QED) is 0.795. The minimum Gasteiger partial charge on any atom is -0.481 e. The van der Waals surface area contributed by atoms with Crippen molar-refractivity contribution in [1.82, 2.24) is 0 Å². The zero-order valence-corrected chi connectivity index (χ0v) is 13.0. The lowest BCUT2D eigenvalue weighted by Gasteiger charge is -2.30. The number of aliphatic carboxylic acids is 1. The Balaban J connectivity index is 2.04. The monoisotopic (exact) mass is 289 g/mol. The molecular weight excluding hydrogens is 262 g/mol. The van der Waals surface area contributed by atoms with Crippen LogP contribution in [0.5, 0.6) is 0 Å². The van der Waals surface area contributed by atoms with E-state index in [0.29, 0.717) is 0 Å². The molecule has 1 aromatic carbocycles. The summed E-state index contributed by atoms with van der Waals surface area (Å²) in [6, 6.07) is 8.46. The second-order valence-electron chi connectivity index (χ2n) is 6.58. The highest BCUT2D eigenvalue weighted by atomic mass is 16.4. The molecule has 1 unspecified atom stereocenters. The van der Waals surface area contributed by atoms with Crippen molar-refractivity contribution in [2.24, 2.45) is 11.1 Å². The first-order chi connectivity index (χ1) is 10.0. The van der Waals surface area contributed by atoms with Gasteiger partial charge in [0.25, 0.3) is 0 Å². The molecule has 0 radical (unpaired) electrons. The lowest BCUT2D eigenvalue weighted by Crippen LogP contribution is -2.27. The van der Waals surface area contributed by atoms with Gasteiger partial charge < -0.3 is 10.8 Å². The van der Waals surface area contributed by atoms with Gasteiger partial charge in [0.2, 0.25) is 0 Å². The summed E-state index contributed by atoms with van der Waals surface area (Å²) in [5, 5.41) is 9.18. The van der Waals surface area contributed by atoms with Crippen LogP contribution >= 0.6 is 0 Å². The molecule has 3 nitrogen and oxygen atoms in total. The van der Waals surface area contributed by atoms with Crippen LogP contribution in [0, 0.1) is 5.41 Å². The fraction of sp³-hybridized carbons (Fsp3) is 0.611. The first-order valence-corrected chi connectivity index (χ1v) is 8.11. The molecule has 0 amide bonds. The van der Waals surface area contributed by atoms with Crippen molar-refractivity contribution < 1.29 is 9.90 Å². The average molecular weight is 289 g/mol. The van der Waals surface area contributed by atoms with Gasteiger partial charge in [-0.15, -0.1) is 0 Å². The Labute approximate surface area is 127 Å². The van der Waals surface area contributed by atoms with Gasteiger partial charge in [0, 0.05) is 6.04 Å². The van der Waals surface area contributed by atoms with Crippen LogP contribution in [0.15, 0.2) is 24.3 Å². The largest absolute Gasteiger partial charge is 0.481 e. The summed E-state index contributed by atoms with van der Waals surface area (Å²) in [5.41, 5.74) is 8.75. The number of carboxylic acid groups (broad SMARTS) is 1. The Morgan fingerprint density at radius 2 is 1.90 bits per heavy atom. The number of carbonyl (C=O) groups is 1. The summed E-state index contributed by atoms with van der Waals surface area (Å²) >= 11 is 0. The second-order valence-corrected chi connectivity index (χ2v) is 6.58. The molecule has 1 saturated carbocycles. The second kappa shape index (κ2) is 7.08. The number of aryl methyl sites for hydroxylation is 1. The van der Waals surface area contributed by atoms with Gasteiger partial charge >= 0.3 is 5.97 Å². The number of hydrogen-bond donors (Lipinski definition) is 2. The van der Waals surface area contributed by atoms with Crippen LogP contribution in [0.25, 0.3) is 0 Å². The van der Waals surface area contributed by atoms with Gasteiger partial charge in [0.15, 0.2) is 0 Å². The molecule has 0 bridgehead atoms. The van der Waals surface area contributed by atoms with E-state index in [4.69, 9.17) is 5.73 Å². The van der Waals surface area contributed by atoms with Crippen molar-refractivity contribution in [3.05, 3.63) is 35.4 Å². The SMILES string of the molecule is CCCc1ccc(C(N)CC2(CC(=O)O)CCCC2)cc1. The molecule has 1 aromatic rings. The lowest BCUT2D eigenvalue weighted by atomic mass is 9.76. The van der Waals surface area contributed by atoms with Crippen molar-refractivity contribution >= 4 is 5.97 Å². The van der Waals surface area contributed by atoms with Crippen molar-refractivity contribution in [3.8, 4) is 0 Å². The summed E-state index contributed by atoms with van der Waals surface area (Å²) in [4.78, 5) is 11.2. The zero-order chi connectivity index (χ0) is 15.3. The van der Waals surface area contributed by atoms with Crippen molar-refractivity contribution in [2.45, 2.75) is 64.3 Å². The van der Waals surface area contributed by atoms with Crippen molar-refractivity contribution in [3.63, 3.8) is 0 Å². The molecule has 1 aliphatic rings.